The molecule has 2 amide bonds. The van der Waals surface area contributed by atoms with Gasteiger partial charge in [0.15, 0.2) is 0 Å². The summed E-state index contributed by atoms with van der Waals surface area (Å²) in [7, 11) is 1.66. The monoisotopic (exact) mass is 275 g/mol. The van der Waals surface area contributed by atoms with Gasteiger partial charge in [-0.15, -0.1) is 0 Å². The van der Waals surface area contributed by atoms with Crippen LogP contribution in [0.3, 0.4) is 0 Å². The minimum absolute atomic E-state index is 0.0265. The summed E-state index contributed by atoms with van der Waals surface area (Å²) < 4.78 is 0. The largest absolute Gasteiger partial charge is 0.335 e. The van der Waals surface area contributed by atoms with Gasteiger partial charge in [0.1, 0.15) is 6.54 Å². The Balaban J connectivity index is 2.19. The van der Waals surface area contributed by atoms with Gasteiger partial charge in [-0.1, -0.05) is 18.2 Å². The highest BCUT2D eigenvalue weighted by Crippen LogP contribution is 2.24. The summed E-state index contributed by atoms with van der Waals surface area (Å²) in [5.41, 5.74) is 7.48. The number of aryl methyl sites for hydroxylation is 1. The maximum Gasteiger partial charge on any atom is 0.247 e. The van der Waals surface area contributed by atoms with Crippen molar-refractivity contribution in [2.24, 2.45) is 5.73 Å². The number of hydrogen-bond donors (Lipinski definition) is 1. The van der Waals surface area contributed by atoms with E-state index in [0.29, 0.717) is 6.54 Å². The number of unbranched alkanes of at least 4 members (excludes halogenated alkanes) is 1. The molecule has 1 heterocycles. The molecule has 108 valence electrons. The first-order chi connectivity index (χ1) is 9.63. The Hall–Kier alpha value is -1.88. The van der Waals surface area contributed by atoms with Crippen molar-refractivity contribution in [1.82, 2.24) is 4.90 Å². The second-order valence-electron chi connectivity index (χ2n) is 5.10. The molecule has 1 saturated heterocycles. The lowest BCUT2D eigenvalue weighted by atomic mass is 10.0. The van der Waals surface area contributed by atoms with Gasteiger partial charge in [0.2, 0.25) is 11.8 Å². The number of carbonyl (C=O) groups is 2. The Labute approximate surface area is 119 Å². The maximum absolute atomic E-state index is 12.1. The van der Waals surface area contributed by atoms with E-state index in [9.17, 15) is 9.59 Å². The number of nitrogens with zero attached hydrogens (tertiary/aromatic N) is 2. The maximum atomic E-state index is 12.1. The summed E-state index contributed by atoms with van der Waals surface area (Å²) in [5.74, 6) is -0.0558. The molecule has 2 rings (SSSR count). The van der Waals surface area contributed by atoms with Crippen LogP contribution >= 0.6 is 0 Å². The van der Waals surface area contributed by atoms with Crippen molar-refractivity contribution in [2.45, 2.75) is 19.3 Å². The van der Waals surface area contributed by atoms with E-state index in [4.69, 9.17) is 5.73 Å². The summed E-state index contributed by atoms with van der Waals surface area (Å²) in [4.78, 5) is 27.0. The molecule has 1 aromatic carbocycles. The average Bonchev–Trinajstić information content (AvgIpc) is 2.44. The number of benzene rings is 1. The highest BCUT2D eigenvalue weighted by Gasteiger charge is 2.29. The molecule has 5 heteroatoms. The molecule has 0 atom stereocenters. The number of hydrogen-bond acceptors (Lipinski definition) is 3. The van der Waals surface area contributed by atoms with Crippen LogP contribution in [0.2, 0.25) is 0 Å². The van der Waals surface area contributed by atoms with Gasteiger partial charge in [-0.05, 0) is 37.4 Å². The fourth-order valence-electron chi connectivity index (χ4n) is 2.39. The number of anilines is 1. The first kappa shape index (κ1) is 14.5. The lowest BCUT2D eigenvalue weighted by Crippen LogP contribution is -2.52. The third kappa shape index (κ3) is 3.17. The molecule has 1 aliphatic heterocycles. The Morgan fingerprint density at radius 1 is 1.10 bits per heavy atom. The Morgan fingerprint density at radius 2 is 1.85 bits per heavy atom. The molecule has 0 unspecified atom stereocenters. The van der Waals surface area contributed by atoms with Gasteiger partial charge in [-0.2, -0.15) is 0 Å². The highest BCUT2D eigenvalue weighted by molar-refractivity contribution is 6.04. The van der Waals surface area contributed by atoms with Crippen molar-refractivity contribution in [3.05, 3.63) is 29.8 Å². The van der Waals surface area contributed by atoms with Gasteiger partial charge < -0.3 is 15.5 Å². The molecule has 1 aromatic rings. The van der Waals surface area contributed by atoms with E-state index in [-0.39, 0.29) is 24.9 Å². The number of nitrogens with two attached hydrogens (primary N) is 1. The van der Waals surface area contributed by atoms with Crippen molar-refractivity contribution >= 4 is 17.5 Å². The zero-order valence-corrected chi connectivity index (χ0v) is 11.8. The first-order valence-electron chi connectivity index (χ1n) is 6.95. The summed E-state index contributed by atoms with van der Waals surface area (Å²) in [6, 6.07) is 7.79. The molecule has 0 spiro atoms. The number of carbonyl (C=O) groups excluding carboxylic acids is 2. The first-order valence-corrected chi connectivity index (χ1v) is 6.95. The topological polar surface area (TPSA) is 66.6 Å². The van der Waals surface area contributed by atoms with Crippen LogP contribution in [0.1, 0.15) is 18.4 Å². The number of likely N-dealkylation sites (N-methyl/N-ethyl adjacent to an activating group) is 1. The molecule has 5 nitrogen and oxygen atoms in total. The zero-order valence-electron chi connectivity index (χ0n) is 11.8. The fraction of sp³-hybridized carbons (Fsp3) is 0.467. The van der Waals surface area contributed by atoms with Crippen LogP contribution in [-0.4, -0.2) is 43.4 Å². The van der Waals surface area contributed by atoms with E-state index in [1.807, 2.05) is 24.3 Å². The van der Waals surface area contributed by atoms with E-state index < -0.39 is 0 Å². The minimum atomic E-state index is -0.0293. The number of rotatable bonds is 5. The number of amides is 2. The van der Waals surface area contributed by atoms with Gasteiger partial charge in [0.25, 0.3) is 0 Å². The normalized spacial score (nSPS) is 15.9. The van der Waals surface area contributed by atoms with Crippen LogP contribution in [-0.2, 0) is 16.0 Å². The number of piperazine rings is 1. The van der Waals surface area contributed by atoms with Crippen LogP contribution < -0.4 is 10.6 Å². The molecule has 0 radical (unpaired) electrons. The van der Waals surface area contributed by atoms with E-state index in [0.717, 1.165) is 30.5 Å². The third-order valence-corrected chi connectivity index (χ3v) is 3.58. The summed E-state index contributed by atoms with van der Waals surface area (Å²) in [5, 5.41) is 0. The molecular weight excluding hydrogens is 254 g/mol. The van der Waals surface area contributed by atoms with Crippen molar-refractivity contribution in [3.8, 4) is 0 Å². The van der Waals surface area contributed by atoms with Gasteiger partial charge in [-0.25, -0.2) is 0 Å². The van der Waals surface area contributed by atoms with Crippen LogP contribution in [0.25, 0.3) is 0 Å². The van der Waals surface area contributed by atoms with E-state index in [1.165, 1.54) is 4.90 Å². The molecule has 1 fully saturated rings. The Kier molecular flexibility index (Phi) is 4.74. The smallest absolute Gasteiger partial charge is 0.247 e. The zero-order chi connectivity index (χ0) is 14.5. The standard InChI is InChI=1S/C15H21N3O2/c1-17-10-15(20)18(11-14(17)19)13-8-3-2-6-12(13)7-4-5-9-16/h2-3,6,8H,4-5,7,9-11,16H2,1H3. The average molecular weight is 275 g/mol. The quantitative estimate of drug-likeness (QED) is 0.807. The van der Waals surface area contributed by atoms with E-state index in [2.05, 4.69) is 0 Å². The molecule has 0 aliphatic carbocycles. The predicted molar refractivity (Wildman–Crippen MR) is 78.4 cm³/mol. The predicted octanol–water partition coefficient (Wildman–Crippen LogP) is 0.773. The van der Waals surface area contributed by atoms with Crippen molar-refractivity contribution in [2.75, 3.05) is 31.6 Å². The SMILES string of the molecule is CN1CC(=O)N(c2ccccc2CCCCN)CC1=O. The van der Waals surface area contributed by atoms with Crippen molar-refractivity contribution in [1.29, 1.82) is 0 Å². The molecule has 0 bridgehead atoms. The summed E-state index contributed by atoms with van der Waals surface area (Å²) in [6.07, 6.45) is 2.83. The second-order valence-corrected chi connectivity index (χ2v) is 5.10. The highest BCUT2D eigenvalue weighted by atomic mass is 16.2. The van der Waals surface area contributed by atoms with Gasteiger partial charge in [0.05, 0.1) is 6.54 Å². The van der Waals surface area contributed by atoms with E-state index in [1.54, 1.807) is 11.9 Å². The second kappa shape index (κ2) is 6.52. The fourth-order valence-corrected chi connectivity index (χ4v) is 2.39. The molecular formula is C15H21N3O2. The minimum Gasteiger partial charge on any atom is -0.335 e. The Bertz CT molecular complexity index is 502. The van der Waals surface area contributed by atoms with Crippen LogP contribution in [0.5, 0.6) is 0 Å². The van der Waals surface area contributed by atoms with Gasteiger partial charge in [-0.3, -0.25) is 9.59 Å². The van der Waals surface area contributed by atoms with Gasteiger partial charge >= 0.3 is 0 Å². The number of para-hydroxylation sites is 1. The lowest BCUT2D eigenvalue weighted by Gasteiger charge is -2.32. The Morgan fingerprint density at radius 3 is 2.60 bits per heavy atom. The van der Waals surface area contributed by atoms with Crippen LogP contribution in [0.15, 0.2) is 24.3 Å². The van der Waals surface area contributed by atoms with Gasteiger partial charge in [0, 0.05) is 12.7 Å². The molecule has 2 N–H and O–H groups in total. The van der Waals surface area contributed by atoms with Crippen molar-refractivity contribution in [3.63, 3.8) is 0 Å². The van der Waals surface area contributed by atoms with Crippen LogP contribution in [0.4, 0.5) is 5.69 Å². The van der Waals surface area contributed by atoms with Crippen LogP contribution in [0, 0.1) is 0 Å². The molecule has 0 aromatic heterocycles. The molecule has 1 aliphatic rings. The summed E-state index contributed by atoms with van der Waals surface area (Å²) in [6.45, 7) is 0.952. The molecule has 20 heavy (non-hydrogen) atoms. The molecule has 0 saturated carbocycles. The summed E-state index contributed by atoms with van der Waals surface area (Å²) >= 11 is 0. The third-order valence-electron chi connectivity index (χ3n) is 3.58. The van der Waals surface area contributed by atoms with Crippen molar-refractivity contribution < 1.29 is 9.59 Å². The lowest BCUT2D eigenvalue weighted by molar-refractivity contribution is -0.136. The van der Waals surface area contributed by atoms with E-state index >= 15 is 0 Å².